The molecule has 0 aromatic heterocycles. The number of amides is 4. The van der Waals surface area contributed by atoms with Crippen molar-refractivity contribution in [3.63, 3.8) is 0 Å². The van der Waals surface area contributed by atoms with Crippen molar-refractivity contribution < 1.29 is 19.2 Å². The minimum atomic E-state index is -0.501. The van der Waals surface area contributed by atoms with Gasteiger partial charge in [0.2, 0.25) is 5.91 Å². The minimum absolute atomic E-state index is 0.175. The number of nitrogens with one attached hydrogen (secondary N) is 2. The molecule has 2 N–H and O–H groups in total. The van der Waals surface area contributed by atoms with Gasteiger partial charge in [-0.05, 0) is 67.9 Å². The lowest BCUT2D eigenvalue weighted by Gasteiger charge is -2.14. The first-order chi connectivity index (χ1) is 15.2. The number of nitrogens with zero attached hydrogens (tertiary/aromatic N) is 1. The third kappa shape index (κ3) is 3.88. The Labute approximate surface area is 185 Å². The first-order valence-electron chi connectivity index (χ1n) is 10.0. The van der Waals surface area contributed by atoms with Crippen LogP contribution < -0.4 is 15.5 Å². The van der Waals surface area contributed by atoms with Gasteiger partial charge in [-0.2, -0.15) is 0 Å². The van der Waals surface area contributed by atoms with Crippen molar-refractivity contribution >= 4 is 40.7 Å². The molecular formula is C25H21N3O4. The molecule has 1 heterocycles. The average Bonchev–Trinajstić information content (AvgIpc) is 3.00. The van der Waals surface area contributed by atoms with Crippen LogP contribution in [0.4, 0.5) is 17.1 Å². The van der Waals surface area contributed by atoms with Crippen molar-refractivity contribution in [3.8, 4) is 0 Å². The largest absolute Gasteiger partial charge is 0.326 e. The van der Waals surface area contributed by atoms with Crippen LogP contribution in [-0.2, 0) is 4.79 Å². The zero-order valence-electron chi connectivity index (χ0n) is 17.9. The second-order valence-electron chi connectivity index (χ2n) is 7.71. The van der Waals surface area contributed by atoms with Crippen molar-refractivity contribution in [3.05, 3.63) is 88.5 Å². The summed E-state index contributed by atoms with van der Waals surface area (Å²) in [4.78, 5) is 50.9. The summed E-state index contributed by atoms with van der Waals surface area (Å²) in [6, 6.07) is 16.6. The first-order valence-corrected chi connectivity index (χ1v) is 10.0. The lowest BCUT2D eigenvalue weighted by atomic mass is 10.0. The summed E-state index contributed by atoms with van der Waals surface area (Å²) in [5.74, 6) is -1.54. The number of anilines is 3. The van der Waals surface area contributed by atoms with Gasteiger partial charge in [-0.25, -0.2) is 4.90 Å². The van der Waals surface area contributed by atoms with Gasteiger partial charge >= 0.3 is 0 Å². The molecule has 1 aliphatic heterocycles. The molecule has 0 bridgehead atoms. The molecule has 3 aromatic carbocycles. The van der Waals surface area contributed by atoms with Crippen molar-refractivity contribution in [2.24, 2.45) is 0 Å². The van der Waals surface area contributed by atoms with E-state index >= 15 is 0 Å². The number of hydrogen-bond acceptors (Lipinski definition) is 4. The summed E-state index contributed by atoms with van der Waals surface area (Å²) in [6.45, 7) is 5.27. The predicted octanol–water partition coefficient (Wildman–Crippen LogP) is 4.31. The van der Waals surface area contributed by atoms with Gasteiger partial charge in [-0.1, -0.05) is 17.7 Å². The van der Waals surface area contributed by atoms with Crippen LogP contribution in [0.2, 0.25) is 0 Å². The van der Waals surface area contributed by atoms with E-state index in [1.807, 2.05) is 32.0 Å². The molecule has 0 radical (unpaired) electrons. The van der Waals surface area contributed by atoms with Crippen LogP contribution in [0.1, 0.15) is 49.1 Å². The third-order valence-corrected chi connectivity index (χ3v) is 5.22. The number of fused-ring (bicyclic) bond motifs is 1. The van der Waals surface area contributed by atoms with Crippen LogP contribution in [0.15, 0.2) is 60.7 Å². The van der Waals surface area contributed by atoms with E-state index < -0.39 is 11.8 Å². The highest BCUT2D eigenvalue weighted by Gasteiger charge is 2.37. The normalized spacial score (nSPS) is 12.5. The maximum absolute atomic E-state index is 13.0. The molecule has 7 heteroatoms. The second kappa shape index (κ2) is 8.11. The van der Waals surface area contributed by atoms with E-state index in [4.69, 9.17) is 0 Å². The van der Waals surface area contributed by atoms with Crippen LogP contribution in [0.5, 0.6) is 0 Å². The number of carbonyl (C=O) groups is 4. The monoisotopic (exact) mass is 427 g/mol. The Morgan fingerprint density at radius 2 is 1.47 bits per heavy atom. The Hall–Kier alpha value is -4.26. The molecule has 0 atom stereocenters. The number of benzene rings is 3. The Bertz CT molecular complexity index is 1280. The molecule has 7 nitrogen and oxygen atoms in total. The molecular weight excluding hydrogens is 406 g/mol. The average molecular weight is 427 g/mol. The summed E-state index contributed by atoms with van der Waals surface area (Å²) in [5.41, 5.74) is 4.34. The highest BCUT2D eigenvalue weighted by Crippen LogP contribution is 2.30. The van der Waals surface area contributed by atoms with E-state index in [1.165, 1.54) is 25.1 Å². The second-order valence-corrected chi connectivity index (χ2v) is 7.71. The molecule has 160 valence electrons. The van der Waals surface area contributed by atoms with E-state index in [9.17, 15) is 19.2 Å². The first kappa shape index (κ1) is 21.0. The molecule has 0 aliphatic carbocycles. The quantitative estimate of drug-likeness (QED) is 0.607. The fourth-order valence-corrected chi connectivity index (χ4v) is 3.66. The SMILES string of the molecule is CC(=O)Nc1ccc(N2C(=O)c3ccc(C(=O)Nc4ccc(C)cc4C)cc3C2=O)cc1. The van der Waals surface area contributed by atoms with Gasteiger partial charge in [0.05, 0.1) is 16.8 Å². The fourth-order valence-electron chi connectivity index (χ4n) is 3.66. The van der Waals surface area contributed by atoms with Crippen LogP contribution in [-0.4, -0.2) is 23.6 Å². The van der Waals surface area contributed by atoms with Gasteiger partial charge in [0.15, 0.2) is 0 Å². The van der Waals surface area contributed by atoms with E-state index in [2.05, 4.69) is 10.6 Å². The molecule has 0 spiro atoms. The number of aryl methyl sites for hydroxylation is 2. The summed E-state index contributed by atoms with van der Waals surface area (Å²) >= 11 is 0. The van der Waals surface area contributed by atoms with Crippen LogP contribution in [0.25, 0.3) is 0 Å². The molecule has 1 aliphatic rings. The molecule has 0 saturated carbocycles. The molecule has 0 fully saturated rings. The summed E-state index contributed by atoms with van der Waals surface area (Å²) in [6.07, 6.45) is 0. The van der Waals surface area contributed by atoms with Gasteiger partial charge in [0.25, 0.3) is 17.7 Å². The van der Waals surface area contributed by atoms with Gasteiger partial charge in [0.1, 0.15) is 0 Å². The highest BCUT2D eigenvalue weighted by atomic mass is 16.2. The Morgan fingerprint density at radius 1 is 0.781 bits per heavy atom. The zero-order valence-corrected chi connectivity index (χ0v) is 17.9. The Balaban J connectivity index is 1.58. The third-order valence-electron chi connectivity index (χ3n) is 5.22. The molecule has 0 unspecified atom stereocenters. The zero-order chi connectivity index (χ0) is 23.0. The molecule has 0 saturated heterocycles. The van der Waals surface area contributed by atoms with Gasteiger partial charge in [-0.15, -0.1) is 0 Å². The molecule has 4 amide bonds. The van der Waals surface area contributed by atoms with Crippen molar-refractivity contribution in [2.75, 3.05) is 15.5 Å². The molecule has 32 heavy (non-hydrogen) atoms. The summed E-state index contributed by atoms with van der Waals surface area (Å²) in [7, 11) is 0. The van der Waals surface area contributed by atoms with Gasteiger partial charge in [-0.3, -0.25) is 19.2 Å². The smallest absolute Gasteiger partial charge is 0.266 e. The molecule has 3 aromatic rings. The lowest BCUT2D eigenvalue weighted by molar-refractivity contribution is -0.114. The van der Waals surface area contributed by atoms with Crippen molar-refractivity contribution in [1.29, 1.82) is 0 Å². The standard InChI is InChI=1S/C25H21N3O4/c1-14-4-11-22(15(2)12-14)27-23(30)17-5-10-20-21(13-17)25(32)28(24(20)31)19-8-6-18(7-9-19)26-16(3)29/h4-13H,1-3H3,(H,26,29)(H,27,30). The van der Waals surface area contributed by atoms with Crippen LogP contribution in [0, 0.1) is 13.8 Å². The Kier molecular flexibility index (Phi) is 5.32. The molecule has 4 rings (SSSR count). The highest BCUT2D eigenvalue weighted by molar-refractivity contribution is 6.34. The summed E-state index contributed by atoms with van der Waals surface area (Å²) < 4.78 is 0. The lowest BCUT2D eigenvalue weighted by Crippen LogP contribution is -2.29. The van der Waals surface area contributed by atoms with Gasteiger partial charge < -0.3 is 10.6 Å². The predicted molar refractivity (Wildman–Crippen MR) is 122 cm³/mol. The van der Waals surface area contributed by atoms with Crippen LogP contribution in [0.3, 0.4) is 0 Å². The van der Waals surface area contributed by atoms with E-state index in [0.29, 0.717) is 17.1 Å². The number of hydrogen-bond donors (Lipinski definition) is 2. The van der Waals surface area contributed by atoms with Crippen molar-refractivity contribution in [1.82, 2.24) is 0 Å². The van der Waals surface area contributed by atoms with E-state index in [0.717, 1.165) is 16.0 Å². The maximum Gasteiger partial charge on any atom is 0.266 e. The van der Waals surface area contributed by atoms with Gasteiger partial charge in [0, 0.05) is 23.9 Å². The van der Waals surface area contributed by atoms with E-state index in [1.54, 1.807) is 24.3 Å². The number of carbonyl (C=O) groups excluding carboxylic acids is 4. The van der Waals surface area contributed by atoms with Crippen LogP contribution >= 0.6 is 0 Å². The van der Waals surface area contributed by atoms with Crippen molar-refractivity contribution in [2.45, 2.75) is 20.8 Å². The number of imide groups is 1. The Morgan fingerprint density at radius 3 is 2.12 bits per heavy atom. The maximum atomic E-state index is 13.0. The van der Waals surface area contributed by atoms with E-state index in [-0.39, 0.29) is 28.5 Å². The minimum Gasteiger partial charge on any atom is -0.326 e. The number of rotatable bonds is 4. The topological polar surface area (TPSA) is 95.6 Å². The fraction of sp³-hybridized carbons (Fsp3) is 0.120. The summed E-state index contributed by atoms with van der Waals surface area (Å²) in [5, 5.41) is 5.49.